The van der Waals surface area contributed by atoms with Gasteiger partial charge in [-0.25, -0.2) is 9.97 Å². The van der Waals surface area contributed by atoms with Crippen LogP contribution in [0.25, 0.3) is 0 Å². The Morgan fingerprint density at radius 3 is 2.74 bits per heavy atom. The molecule has 98 valence electrons. The summed E-state index contributed by atoms with van der Waals surface area (Å²) in [5.41, 5.74) is 6.85. The molecule has 0 saturated carbocycles. The van der Waals surface area contributed by atoms with E-state index >= 15 is 0 Å². The molecule has 0 unspecified atom stereocenters. The second-order valence-corrected chi connectivity index (χ2v) is 4.61. The van der Waals surface area contributed by atoms with Crippen molar-refractivity contribution in [1.29, 1.82) is 0 Å². The number of para-hydroxylation sites is 1. The molecule has 0 bridgehead atoms. The first-order valence-corrected chi connectivity index (χ1v) is 6.09. The van der Waals surface area contributed by atoms with Crippen molar-refractivity contribution in [2.75, 3.05) is 11.1 Å². The van der Waals surface area contributed by atoms with Crippen molar-refractivity contribution in [2.24, 2.45) is 0 Å². The molecule has 0 fully saturated rings. The van der Waals surface area contributed by atoms with Gasteiger partial charge in [-0.15, -0.1) is 0 Å². The monoisotopic (exact) mass is 296 g/mol. The summed E-state index contributed by atoms with van der Waals surface area (Å²) in [4.78, 5) is 20.0. The highest BCUT2D eigenvalue weighted by Crippen LogP contribution is 2.23. The molecule has 1 aromatic carbocycles. The molecule has 0 aliphatic rings. The fourth-order valence-corrected chi connectivity index (χ4v) is 1.90. The maximum Gasteiger partial charge on any atom is 0.260 e. The van der Waals surface area contributed by atoms with Gasteiger partial charge in [0.05, 0.1) is 16.3 Å². The number of aromatic nitrogens is 2. The van der Waals surface area contributed by atoms with Crippen molar-refractivity contribution < 1.29 is 4.79 Å². The first kappa shape index (κ1) is 13.6. The fraction of sp³-hybridized carbons (Fsp3) is 0.0833. The number of benzene rings is 1. The average molecular weight is 297 g/mol. The van der Waals surface area contributed by atoms with Gasteiger partial charge >= 0.3 is 0 Å². The van der Waals surface area contributed by atoms with E-state index in [4.69, 9.17) is 28.9 Å². The number of nitrogens with zero attached hydrogens (tertiary/aromatic N) is 2. The van der Waals surface area contributed by atoms with E-state index in [1.807, 2.05) is 0 Å². The van der Waals surface area contributed by atoms with Gasteiger partial charge in [0.1, 0.15) is 5.15 Å². The van der Waals surface area contributed by atoms with Crippen LogP contribution in [0.3, 0.4) is 0 Å². The molecule has 1 amide bonds. The van der Waals surface area contributed by atoms with E-state index in [-0.39, 0.29) is 22.4 Å². The molecular weight excluding hydrogens is 287 g/mol. The van der Waals surface area contributed by atoms with E-state index in [9.17, 15) is 4.79 Å². The number of hydrogen-bond donors (Lipinski definition) is 2. The largest absolute Gasteiger partial charge is 0.397 e. The Kier molecular flexibility index (Phi) is 3.87. The Hall–Kier alpha value is -1.85. The number of hydrogen-bond acceptors (Lipinski definition) is 4. The van der Waals surface area contributed by atoms with Crippen LogP contribution in [0, 0.1) is 6.92 Å². The first-order valence-electron chi connectivity index (χ1n) is 5.34. The molecule has 19 heavy (non-hydrogen) atoms. The van der Waals surface area contributed by atoms with Crippen molar-refractivity contribution >= 4 is 40.7 Å². The second kappa shape index (κ2) is 5.42. The van der Waals surface area contributed by atoms with Crippen molar-refractivity contribution in [3.05, 3.63) is 45.7 Å². The summed E-state index contributed by atoms with van der Waals surface area (Å²) in [6, 6.07) is 6.39. The lowest BCUT2D eigenvalue weighted by atomic mass is 10.1. The lowest BCUT2D eigenvalue weighted by molar-refractivity contribution is 0.102. The molecule has 1 heterocycles. The minimum Gasteiger partial charge on any atom is -0.397 e. The van der Waals surface area contributed by atoms with E-state index in [2.05, 4.69) is 15.3 Å². The summed E-state index contributed by atoms with van der Waals surface area (Å²) in [5, 5.41) is 3.09. The van der Waals surface area contributed by atoms with E-state index < -0.39 is 5.91 Å². The zero-order chi connectivity index (χ0) is 14.0. The fourth-order valence-electron chi connectivity index (χ4n) is 1.49. The zero-order valence-corrected chi connectivity index (χ0v) is 11.5. The number of amides is 1. The minimum absolute atomic E-state index is 0.120. The molecule has 1 aromatic heterocycles. The van der Waals surface area contributed by atoms with Gasteiger partial charge in [0.2, 0.25) is 5.95 Å². The normalized spacial score (nSPS) is 10.3. The summed E-state index contributed by atoms with van der Waals surface area (Å²) < 4.78 is 0. The average Bonchev–Trinajstić information content (AvgIpc) is 2.31. The summed E-state index contributed by atoms with van der Waals surface area (Å²) in [5.74, 6) is -0.323. The van der Waals surface area contributed by atoms with Crippen molar-refractivity contribution in [2.45, 2.75) is 6.92 Å². The van der Waals surface area contributed by atoms with Gasteiger partial charge < -0.3 is 5.73 Å². The number of halogens is 2. The molecule has 0 atom stereocenters. The van der Waals surface area contributed by atoms with Gasteiger partial charge in [0.15, 0.2) is 0 Å². The number of carbonyl (C=O) groups excluding carboxylic acids is 1. The Balaban J connectivity index is 2.28. The molecule has 0 saturated heterocycles. The highest BCUT2D eigenvalue weighted by Gasteiger charge is 2.13. The third-order valence-electron chi connectivity index (χ3n) is 2.35. The van der Waals surface area contributed by atoms with Gasteiger partial charge in [0, 0.05) is 5.69 Å². The van der Waals surface area contributed by atoms with Crippen LogP contribution in [0.4, 0.5) is 11.6 Å². The number of nitrogens with one attached hydrogen (secondary N) is 1. The van der Waals surface area contributed by atoms with Crippen LogP contribution in [0.2, 0.25) is 10.2 Å². The van der Waals surface area contributed by atoms with Crippen LogP contribution in [0.5, 0.6) is 0 Å². The van der Waals surface area contributed by atoms with E-state index in [1.54, 1.807) is 31.2 Å². The van der Waals surface area contributed by atoms with Crippen molar-refractivity contribution in [1.82, 2.24) is 9.97 Å². The number of aryl methyl sites for hydroxylation is 1. The standard InChI is InChI=1S/C12H10Cl2N4O/c1-6-5-9(14)17-12(16-6)18-11(19)7-3-2-4-8(13)10(7)15/h2-5H,15H2,1H3,(H,16,17,18,19). The maximum atomic E-state index is 12.0. The van der Waals surface area contributed by atoms with Crippen LogP contribution in [0.15, 0.2) is 24.3 Å². The maximum absolute atomic E-state index is 12.0. The van der Waals surface area contributed by atoms with Gasteiger partial charge in [-0.3, -0.25) is 10.1 Å². The lowest BCUT2D eigenvalue weighted by Gasteiger charge is -2.08. The van der Waals surface area contributed by atoms with Crippen LogP contribution in [0.1, 0.15) is 16.1 Å². The van der Waals surface area contributed by atoms with Crippen LogP contribution < -0.4 is 11.1 Å². The molecular formula is C12H10Cl2N4O. The Morgan fingerprint density at radius 1 is 1.32 bits per heavy atom. The summed E-state index contributed by atoms with van der Waals surface area (Å²) in [6.45, 7) is 1.75. The van der Waals surface area contributed by atoms with E-state index in [0.29, 0.717) is 10.7 Å². The topological polar surface area (TPSA) is 80.9 Å². The lowest BCUT2D eigenvalue weighted by Crippen LogP contribution is -2.16. The van der Waals surface area contributed by atoms with Crippen LogP contribution in [-0.4, -0.2) is 15.9 Å². The number of nitrogens with two attached hydrogens (primary N) is 1. The Labute approximate surface area is 119 Å². The summed E-state index contributed by atoms with van der Waals surface area (Å²) >= 11 is 11.6. The molecule has 0 aliphatic carbocycles. The van der Waals surface area contributed by atoms with Crippen LogP contribution >= 0.6 is 23.2 Å². The predicted molar refractivity (Wildman–Crippen MR) is 75.6 cm³/mol. The van der Waals surface area contributed by atoms with Gasteiger partial charge in [-0.05, 0) is 25.1 Å². The number of nitrogen functional groups attached to an aromatic ring is 1. The number of rotatable bonds is 2. The second-order valence-electron chi connectivity index (χ2n) is 3.81. The minimum atomic E-state index is -0.443. The van der Waals surface area contributed by atoms with E-state index in [1.165, 1.54) is 0 Å². The summed E-state index contributed by atoms with van der Waals surface area (Å²) in [6.07, 6.45) is 0. The smallest absolute Gasteiger partial charge is 0.260 e. The highest BCUT2D eigenvalue weighted by molar-refractivity contribution is 6.34. The molecule has 0 radical (unpaired) electrons. The quantitative estimate of drug-likeness (QED) is 0.659. The van der Waals surface area contributed by atoms with Gasteiger partial charge in [0.25, 0.3) is 5.91 Å². The Morgan fingerprint density at radius 2 is 2.05 bits per heavy atom. The number of anilines is 2. The number of carbonyl (C=O) groups is 1. The Bertz CT molecular complexity index is 625. The van der Waals surface area contributed by atoms with Crippen molar-refractivity contribution in [3.63, 3.8) is 0 Å². The molecule has 0 spiro atoms. The van der Waals surface area contributed by atoms with Gasteiger partial charge in [-0.2, -0.15) is 0 Å². The molecule has 2 rings (SSSR count). The van der Waals surface area contributed by atoms with Gasteiger partial charge in [-0.1, -0.05) is 29.3 Å². The van der Waals surface area contributed by atoms with Crippen molar-refractivity contribution in [3.8, 4) is 0 Å². The zero-order valence-electron chi connectivity index (χ0n) is 9.95. The molecule has 7 heteroatoms. The SMILES string of the molecule is Cc1cc(Cl)nc(NC(=O)c2cccc(Cl)c2N)n1. The molecule has 2 aromatic rings. The molecule has 3 N–H and O–H groups in total. The molecule has 0 aliphatic heterocycles. The van der Waals surface area contributed by atoms with Crippen LogP contribution in [-0.2, 0) is 0 Å². The summed E-state index contributed by atoms with van der Waals surface area (Å²) in [7, 11) is 0. The highest BCUT2D eigenvalue weighted by atomic mass is 35.5. The first-order chi connectivity index (χ1) is 8.97. The van der Waals surface area contributed by atoms with E-state index in [0.717, 1.165) is 0 Å². The predicted octanol–water partition coefficient (Wildman–Crippen LogP) is 2.93. The molecule has 5 nitrogen and oxygen atoms in total. The third-order valence-corrected chi connectivity index (χ3v) is 2.87. The third kappa shape index (κ3) is 3.13.